The van der Waals surface area contributed by atoms with Crippen molar-refractivity contribution in [3.63, 3.8) is 0 Å². The smallest absolute Gasteiger partial charge is 0.225 e. The molecule has 0 aromatic carbocycles. The van der Waals surface area contributed by atoms with Crippen LogP contribution in [-0.4, -0.2) is 22.0 Å². The highest BCUT2D eigenvalue weighted by Gasteiger charge is 2.10. The maximum Gasteiger partial charge on any atom is 0.225 e. The standard InChI is InChI=1S/C12H14N4OS/c1-8-9(4-6-17-8)7-16(2)12-14-5-3-10(15-12)11(13)18/h3-6H,7H2,1-2H3,(H2,13,18). The average molecular weight is 262 g/mol. The second-order valence-corrected chi connectivity index (χ2v) is 4.40. The first kappa shape index (κ1) is 12.5. The number of nitrogens with two attached hydrogens (primary N) is 1. The lowest BCUT2D eigenvalue weighted by atomic mass is 10.2. The number of nitrogens with zero attached hydrogens (tertiary/aromatic N) is 3. The van der Waals surface area contributed by atoms with Crippen LogP contribution in [0.15, 0.2) is 29.0 Å². The Balaban J connectivity index is 2.18. The van der Waals surface area contributed by atoms with Crippen LogP contribution in [0.5, 0.6) is 0 Å². The zero-order chi connectivity index (χ0) is 13.1. The van der Waals surface area contributed by atoms with Gasteiger partial charge in [-0.2, -0.15) is 0 Å². The van der Waals surface area contributed by atoms with Crippen LogP contribution in [0.1, 0.15) is 17.0 Å². The Morgan fingerprint density at radius 1 is 1.50 bits per heavy atom. The van der Waals surface area contributed by atoms with Crippen LogP contribution in [0.4, 0.5) is 5.95 Å². The molecule has 6 heteroatoms. The molecule has 0 radical (unpaired) electrons. The molecule has 0 saturated heterocycles. The summed E-state index contributed by atoms with van der Waals surface area (Å²) in [5.41, 5.74) is 7.22. The van der Waals surface area contributed by atoms with E-state index in [0.717, 1.165) is 11.3 Å². The quantitative estimate of drug-likeness (QED) is 0.845. The van der Waals surface area contributed by atoms with Crippen LogP contribution in [0.2, 0.25) is 0 Å². The van der Waals surface area contributed by atoms with Crippen LogP contribution in [0.3, 0.4) is 0 Å². The fourth-order valence-corrected chi connectivity index (χ4v) is 1.68. The van der Waals surface area contributed by atoms with Crippen molar-refractivity contribution < 1.29 is 4.42 Å². The maximum atomic E-state index is 5.55. The summed E-state index contributed by atoms with van der Waals surface area (Å²) in [4.78, 5) is 10.7. The first-order valence-corrected chi connectivity index (χ1v) is 5.85. The first-order valence-electron chi connectivity index (χ1n) is 5.45. The fraction of sp³-hybridized carbons (Fsp3) is 0.250. The highest BCUT2D eigenvalue weighted by atomic mass is 32.1. The minimum Gasteiger partial charge on any atom is -0.469 e. The van der Waals surface area contributed by atoms with Crippen LogP contribution in [0, 0.1) is 6.92 Å². The topological polar surface area (TPSA) is 68.2 Å². The second-order valence-electron chi connectivity index (χ2n) is 3.96. The first-order chi connectivity index (χ1) is 8.58. The molecule has 0 saturated carbocycles. The molecule has 2 heterocycles. The Kier molecular flexibility index (Phi) is 3.57. The van der Waals surface area contributed by atoms with Crippen molar-refractivity contribution in [2.24, 2.45) is 5.73 Å². The summed E-state index contributed by atoms with van der Waals surface area (Å²) in [6.45, 7) is 2.60. The zero-order valence-electron chi connectivity index (χ0n) is 10.3. The number of aryl methyl sites for hydroxylation is 1. The van der Waals surface area contributed by atoms with Gasteiger partial charge in [-0.3, -0.25) is 0 Å². The van der Waals surface area contributed by atoms with Gasteiger partial charge < -0.3 is 15.1 Å². The van der Waals surface area contributed by atoms with Gasteiger partial charge in [-0.1, -0.05) is 12.2 Å². The Labute approximate surface area is 111 Å². The molecular formula is C12H14N4OS. The van der Waals surface area contributed by atoms with Gasteiger partial charge >= 0.3 is 0 Å². The summed E-state index contributed by atoms with van der Waals surface area (Å²) in [7, 11) is 1.91. The predicted octanol–water partition coefficient (Wildman–Crippen LogP) is 1.65. The lowest BCUT2D eigenvalue weighted by Gasteiger charge is -2.16. The van der Waals surface area contributed by atoms with Gasteiger partial charge in [0, 0.05) is 25.4 Å². The van der Waals surface area contributed by atoms with Crippen molar-refractivity contribution in [1.82, 2.24) is 9.97 Å². The molecule has 0 aliphatic rings. The van der Waals surface area contributed by atoms with E-state index in [9.17, 15) is 0 Å². The predicted molar refractivity (Wildman–Crippen MR) is 73.5 cm³/mol. The molecule has 2 N–H and O–H groups in total. The third-order valence-corrected chi connectivity index (χ3v) is 2.82. The van der Waals surface area contributed by atoms with E-state index < -0.39 is 0 Å². The van der Waals surface area contributed by atoms with Crippen molar-refractivity contribution in [2.75, 3.05) is 11.9 Å². The molecule has 0 amide bonds. The van der Waals surface area contributed by atoms with Gasteiger partial charge in [-0.25, -0.2) is 9.97 Å². The third kappa shape index (κ3) is 2.65. The fourth-order valence-electron chi connectivity index (χ4n) is 1.57. The van der Waals surface area contributed by atoms with Gasteiger partial charge in [0.05, 0.1) is 6.26 Å². The third-order valence-electron chi connectivity index (χ3n) is 2.61. The summed E-state index contributed by atoms with van der Waals surface area (Å²) >= 11 is 4.90. The molecule has 0 atom stereocenters. The molecule has 2 aromatic heterocycles. The summed E-state index contributed by atoms with van der Waals surface area (Å²) < 4.78 is 5.25. The molecule has 2 aromatic rings. The molecule has 0 aliphatic carbocycles. The van der Waals surface area contributed by atoms with Crippen LogP contribution >= 0.6 is 12.2 Å². The van der Waals surface area contributed by atoms with E-state index in [0.29, 0.717) is 18.2 Å². The van der Waals surface area contributed by atoms with E-state index in [1.807, 2.05) is 24.9 Å². The molecule has 0 aliphatic heterocycles. The van der Waals surface area contributed by atoms with Crippen molar-refractivity contribution in [3.05, 3.63) is 41.6 Å². The highest BCUT2D eigenvalue weighted by Crippen LogP contribution is 2.14. The minimum atomic E-state index is 0.270. The van der Waals surface area contributed by atoms with Crippen LogP contribution < -0.4 is 10.6 Å². The number of thiocarbonyl (C=S) groups is 1. The normalized spacial score (nSPS) is 10.3. The van der Waals surface area contributed by atoms with Crippen molar-refractivity contribution in [1.29, 1.82) is 0 Å². The van der Waals surface area contributed by atoms with Crippen LogP contribution in [0.25, 0.3) is 0 Å². The van der Waals surface area contributed by atoms with Crippen LogP contribution in [-0.2, 0) is 6.54 Å². The lowest BCUT2D eigenvalue weighted by Crippen LogP contribution is -2.21. The Hall–Kier alpha value is -1.95. The number of aromatic nitrogens is 2. The summed E-state index contributed by atoms with van der Waals surface area (Å²) in [6, 6.07) is 3.63. The largest absolute Gasteiger partial charge is 0.469 e. The number of hydrogen-bond donors (Lipinski definition) is 1. The molecule has 2 rings (SSSR count). The van der Waals surface area contributed by atoms with E-state index in [1.165, 1.54) is 0 Å². The van der Waals surface area contributed by atoms with Crippen molar-refractivity contribution in [2.45, 2.75) is 13.5 Å². The van der Waals surface area contributed by atoms with E-state index in [4.69, 9.17) is 22.4 Å². The molecular weight excluding hydrogens is 248 g/mol. The van der Waals surface area contributed by atoms with Gasteiger partial charge in [0.25, 0.3) is 0 Å². The van der Waals surface area contributed by atoms with E-state index >= 15 is 0 Å². The molecule has 5 nitrogen and oxygen atoms in total. The molecule has 18 heavy (non-hydrogen) atoms. The Bertz CT molecular complexity index is 567. The SMILES string of the molecule is Cc1occc1CN(C)c1nccc(C(N)=S)n1. The number of rotatable bonds is 4. The lowest BCUT2D eigenvalue weighted by molar-refractivity contribution is 0.529. The van der Waals surface area contributed by atoms with Gasteiger partial charge in [0.15, 0.2) is 0 Å². The van der Waals surface area contributed by atoms with Gasteiger partial charge in [-0.15, -0.1) is 0 Å². The number of furan rings is 1. The Morgan fingerprint density at radius 3 is 2.89 bits per heavy atom. The zero-order valence-corrected chi connectivity index (χ0v) is 11.1. The van der Waals surface area contributed by atoms with E-state index in [2.05, 4.69) is 9.97 Å². The monoisotopic (exact) mass is 262 g/mol. The Morgan fingerprint density at radius 2 is 2.28 bits per heavy atom. The average Bonchev–Trinajstić information content (AvgIpc) is 2.75. The number of anilines is 1. The minimum absolute atomic E-state index is 0.270. The van der Waals surface area contributed by atoms with E-state index in [-0.39, 0.29) is 4.99 Å². The molecule has 94 valence electrons. The van der Waals surface area contributed by atoms with Gasteiger partial charge in [0.1, 0.15) is 16.4 Å². The molecule has 0 spiro atoms. The second kappa shape index (κ2) is 5.14. The van der Waals surface area contributed by atoms with Crippen molar-refractivity contribution in [3.8, 4) is 0 Å². The number of hydrogen-bond acceptors (Lipinski definition) is 5. The van der Waals surface area contributed by atoms with Gasteiger partial charge in [0.2, 0.25) is 5.95 Å². The summed E-state index contributed by atoms with van der Waals surface area (Å²) in [5.74, 6) is 1.48. The molecule has 0 unspecified atom stereocenters. The molecule has 0 fully saturated rings. The van der Waals surface area contributed by atoms with Crippen molar-refractivity contribution >= 4 is 23.2 Å². The van der Waals surface area contributed by atoms with Gasteiger partial charge in [-0.05, 0) is 19.1 Å². The highest BCUT2D eigenvalue weighted by molar-refractivity contribution is 7.80. The summed E-state index contributed by atoms with van der Waals surface area (Å²) in [5, 5.41) is 0. The summed E-state index contributed by atoms with van der Waals surface area (Å²) in [6.07, 6.45) is 3.32. The van der Waals surface area contributed by atoms with E-state index in [1.54, 1.807) is 18.5 Å². The molecule has 0 bridgehead atoms. The maximum absolute atomic E-state index is 5.55.